The van der Waals surface area contributed by atoms with Gasteiger partial charge in [0.25, 0.3) is 0 Å². The Balaban J connectivity index is 2.51. The Morgan fingerprint density at radius 3 is 2.54 bits per heavy atom. The third kappa shape index (κ3) is 2.19. The van der Waals surface area contributed by atoms with Crippen molar-refractivity contribution in [3.63, 3.8) is 0 Å². The molecule has 1 aliphatic carbocycles. The van der Waals surface area contributed by atoms with Gasteiger partial charge >= 0.3 is 5.97 Å². The van der Waals surface area contributed by atoms with E-state index in [1.165, 1.54) is 0 Å². The highest BCUT2D eigenvalue weighted by molar-refractivity contribution is 5.85. The molecule has 4 heteroatoms. The fourth-order valence-corrected chi connectivity index (χ4v) is 1.20. The third-order valence-electron chi connectivity index (χ3n) is 2.15. The van der Waals surface area contributed by atoms with Crippen LogP contribution in [-0.2, 0) is 9.53 Å². The molecule has 1 rings (SSSR count). The first-order valence-electron chi connectivity index (χ1n) is 4.43. The Morgan fingerprint density at radius 2 is 2.23 bits per heavy atom. The second-order valence-corrected chi connectivity index (χ2v) is 4.63. The second-order valence-electron chi connectivity index (χ2n) is 4.63. The van der Waals surface area contributed by atoms with Crippen molar-refractivity contribution in [2.75, 3.05) is 6.61 Å². The zero-order valence-electron chi connectivity index (χ0n) is 8.33. The van der Waals surface area contributed by atoms with Crippen LogP contribution < -0.4 is 5.73 Å². The zero-order chi connectivity index (χ0) is 10.3. The molecule has 0 aromatic carbocycles. The number of carbonyl (C=O) groups excluding carboxylic acids is 1. The summed E-state index contributed by atoms with van der Waals surface area (Å²) in [5.74, 6) is -0.526. The van der Waals surface area contributed by atoms with Crippen LogP contribution in [0.5, 0.6) is 0 Å². The first-order chi connectivity index (χ1) is 5.79. The van der Waals surface area contributed by atoms with E-state index in [9.17, 15) is 4.79 Å². The number of nitrogens with two attached hydrogens (primary N) is 1. The summed E-state index contributed by atoms with van der Waals surface area (Å²) >= 11 is 0. The van der Waals surface area contributed by atoms with Crippen LogP contribution in [0, 0.1) is 5.92 Å². The molecule has 1 unspecified atom stereocenters. The highest BCUT2D eigenvalue weighted by Crippen LogP contribution is 2.42. The van der Waals surface area contributed by atoms with Gasteiger partial charge in [0, 0.05) is 12.5 Å². The third-order valence-corrected chi connectivity index (χ3v) is 2.15. The van der Waals surface area contributed by atoms with Crippen LogP contribution in [0.25, 0.3) is 0 Å². The fraction of sp³-hybridized carbons (Fsp3) is 0.889. The lowest BCUT2D eigenvalue weighted by molar-refractivity contribution is -0.158. The van der Waals surface area contributed by atoms with Crippen molar-refractivity contribution in [3.05, 3.63) is 0 Å². The maximum absolute atomic E-state index is 11.5. The Morgan fingerprint density at radius 1 is 1.69 bits per heavy atom. The summed E-state index contributed by atoms with van der Waals surface area (Å²) in [6, 6.07) is 0. The van der Waals surface area contributed by atoms with Gasteiger partial charge in [0.15, 0.2) is 0 Å². The first-order valence-corrected chi connectivity index (χ1v) is 4.43. The summed E-state index contributed by atoms with van der Waals surface area (Å²) in [5, 5.41) is 8.80. The molecule has 1 fully saturated rings. The summed E-state index contributed by atoms with van der Waals surface area (Å²) in [6.07, 6.45) is 0.526. The van der Waals surface area contributed by atoms with E-state index in [0.717, 1.165) is 0 Å². The number of ether oxygens (including phenoxy) is 1. The number of esters is 1. The molecular formula is C9H17NO3. The van der Waals surface area contributed by atoms with E-state index in [2.05, 4.69) is 0 Å². The molecule has 0 aliphatic heterocycles. The van der Waals surface area contributed by atoms with Crippen LogP contribution in [0.1, 0.15) is 27.2 Å². The van der Waals surface area contributed by atoms with Gasteiger partial charge in [-0.15, -0.1) is 0 Å². The minimum Gasteiger partial charge on any atom is -0.459 e. The van der Waals surface area contributed by atoms with E-state index in [4.69, 9.17) is 15.6 Å². The molecule has 3 N–H and O–H groups in total. The van der Waals surface area contributed by atoms with Gasteiger partial charge in [-0.2, -0.15) is 0 Å². The number of rotatable bonds is 2. The van der Waals surface area contributed by atoms with Crippen molar-refractivity contribution in [2.24, 2.45) is 11.7 Å². The van der Waals surface area contributed by atoms with Gasteiger partial charge < -0.3 is 15.6 Å². The Bertz CT molecular complexity index is 221. The Kier molecular flexibility index (Phi) is 2.38. The monoisotopic (exact) mass is 187 g/mol. The van der Waals surface area contributed by atoms with Gasteiger partial charge in [0.1, 0.15) is 11.1 Å². The van der Waals surface area contributed by atoms with Crippen LogP contribution in [-0.4, -0.2) is 28.8 Å². The van der Waals surface area contributed by atoms with Gasteiger partial charge in [-0.05, 0) is 27.2 Å². The molecule has 0 aromatic rings. The lowest BCUT2D eigenvalue weighted by atomic mass is 10.1. The lowest BCUT2D eigenvalue weighted by Gasteiger charge is -2.22. The highest BCUT2D eigenvalue weighted by Gasteiger charge is 2.58. The maximum atomic E-state index is 11.5. The van der Waals surface area contributed by atoms with Gasteiger partial charge in [0.2, 0.25) is 0 Å². The molecule has 76 valence electrons. The number of hydrogen-bond acceptors (Lipinski definition) is 4. The summed E-state index contributed by atoms with van der Waals surface area (Å²) in [4.78, 5) is 11.5. The molecule has 0 amide bonds. The highest BCUT2D eigenvalue weighted by atomic mass is 16.6. The zero-order valence-corrected chi connectivity index (χ0v) is 8.33. The normalized spacial score (nSPS) is 32.8. The largest absolute Gasteiger partial charge is 0.459 e. The average Bonchev–Trinajstić information content (AvgIpc) is 2.60. The summed E-state index contributed by atoms with van der Waals surface area (Å²) in [7, 11) is 0. The lowest BCUT2D eigenvalue weighted by Crippen LogP contribution is -2.41. The molecule has 13 heavy (non-hydrogen) atoms. The van der Waals surface area contributed by atoms with E-state index < -0.39 is 17.1 Å². The molecule has 0 heterocycles. The minimum atomic E-state index is -0.929. The Labute approximate surface area is 78.1 Å². The maximum Gasteiger partial charge on any atom is 0.327 e. The molecule has 0 spiro atoms. The van der Waals surface area contributed by atoms with Crippen LogP contribution in [0.2, 0.25) is 0 Å². The van der Waals surface area contributed by atoms with Crippen LogP contribution in [0.15, 0.2) is 0 Å². The molecular weight excluding hydrogens is 170 g/mol. The molecule has 4 nitrogen and oxygen atoms in total. The number of aliphatic hydroxyl groups excluding tert-OH is 1. The van der Waals surface area contributed by atoms with Crippen LogP contribution in [0.4, 0.5) is 0 Å². The molecule has 1 aliphatic rings. The molecule has 1 saturated carbocycles. The second kappa shape index (κ2) is 2.96. The van der Waals surface area contributed by atoms with Crippen molar-refractivity contribution >= 4 is 5.97 Å². The SMILES string of the molecule is CC(C)(C)OC(=O)[C@@]1(N)CC1CO. The van der Waals surface area contributed by atoms with Gasteiger partial charge in [0.05, 0.1) is 0 Å². The van der Waals surface area contributed by atoms with Gasteiger partial charge in [-0.3, -0.25) is 4.79 Å². The van der Waals surface area contributed by atoms with E-state index in [1.807, 2.05) is 0 Å². The molecule has 0 radical (unpaired) electrons. The van der Waals surface area contributed by atoms with E-state index in [1.54, 1.807) is 20.8 Å². The number of carbonyl (C=O) groups is 1. The van der Waals surface area contributed by atoms with Crippen LogP contribution in [0.3, 0.4) is 0 Å². The molecule has 0 aromatic heterocycles. The van der Waals surface area contributed by atoms with Crippen molar-refractivity contribution in [1.29, 1.82) is 0 Å². The smallest absolute Gasteiger partial charge is 0.327 e. The van der Waals surface area contributed by atoms with E-state index in [0.29, 0.717) is 6.42 Å². The van der Waals surface area contributed by atoms with Crippen molar-refractivity contribution in [3.8, 4) is 0 Å². The van der Waals surface area contributed by atoms with E-state index >= 15 is 0 Å². The average molecular weight is 187 g/mol. The quantitative estimate of drug-likeness (QED) is 0.598. The molecule has 0 bridgehead atoms. The summed E-state index contributed by atoms with van der Waals surface area (Å²) in [5.41, 5.74) is 4.28. The van der Waals surface area contributed by atoms with Crippen molar-refractivity contribution in [1.82, 2.24) is 0 Å². The van der Waals surface area contributed by atoms with Gasteiger partial charge in [-0.1, -0.05) is 0 Å². The molecule has 2 atom stereocenters. The Hall–Kier alpha value is -0.610. The summed E-state index contributed by atoms with van der Waals surface area (Å²) < 4.78 is 5.12. The number of aliphatic hydroxyl groups is 1. The number of hydrogen-bond donors (Lipinski definition) is 2. The van der Waals surface area contributed by atoms with Crippen LogP contribution >= 0.6 is 0 Å². The predicted octanol–water partition coefficient (Wildman–Crippen LogP) is 0.0378. The summed E-state index contributed by atoms with van der Waals surface area (Å²) in [6.45, 7) is 5.34. The first kappa shape index (κ1) is 10.5. The standard InChI is InChI=1S/C9H17NO3/c1-8(2,3)13-7(12)9(10)4-6(9)5-11/h6,11H,4-5,10H2,1-3H3/t6?,9-/m1/s1. The minimum absolute atomic E-state index is 0.0459. The fourth-order valence-electron chi connectivity index (χ4n) is 1.20. The predicted molar refractivity (Wildman–Crippen MR) is 48.0 cm³/mol. The molecule has 0 saturated heterocycles. The van der Waals surface area contributed by atoms with E-state index in [-0.39, 0.29) is 12.5 Å². The van der Waals surface area contributed by atoms with Gasteiger partial charge in [-0.25, -0.2) is 0 Å². The van der Waals surface area contributed by atoms with Crippen molar-refractivity contribution < 1.29 is 14.6 Å². The topological polar surface area (TPSA) is 72.5 Å². The van der Waals surface area contributed by atoms with Crippen molar-refractivity contribution in [2.45, 2.75) is 38.3 Å².